The summed E-state index contributed by atoms with van der Waals surface area (Å²) in [4.78, 5) is 0. The monoisotopic (exact) mass is 353 g/mol. The molecule has 0 saturated carbocycles. The van der Waals surface area contributed by atoms with Gasteiger partial charge in [-0.15, -0.1) is 0 Å². The number of rotatable bonds is 7. The molecule has 0 saturated heterocycles. The first-order chi connectivity index (χ1) is 10.2. The Balaban J connectivity index is 1.76. The van der Waals surface area contributed by atoms with E-state index < -0.39 is 0 Å². The predicted molar refractivity (Wildman–Crippen MR) is 84.0 cm³/mol. The number of halogens is 2. The molecule has 0 aromatic heterocycles. The van der Waals surface area contributed by atoms with Gasteiger partial charge in [0.25, 0.3) is 0 Å². The molecule has 2 aromatic carbocycles. The molecule has 3 nitrogen and oxygen atoms in total. The number of ether oxygens (including phenoxy) is 2. The largest absolute Gasteiger partial charge is 0.493 e. The van der Waals surface area contributed by atoms with Crippen LogP contribution in [-0.2, 0) is 6.54 Å². The van der Waals surface area contributed by atoms with Gasteiger partial charge in [0, 0.05) is 24.6 Å². The Kier molecular flexibility index (Phi) is 6.02. The number of para-hydroxylation sites is 1. The lowest BCUT2D eigenvalue weighted by Gasteiger charge is -2.11. The van der Waals surface area contributed by atoms with Crippen molar-refractivity contribution in [3.63, 3.8) is 0 Å². The maximum absolute atomic E-state index is 13.1. The summed E-state index contributed by atoms with van der Waals surface area (Å²) in [5.41, 5.74) is 6.62. The molecule has 0 spiro atoms. The average Bonchev–Trinajstić information content (AvgIpc) is 2.50. The van der Waals surface area contributed by atoms with Crippen LogP contribution >= 0.6 is 15.9 Å². The first-order valence-corrected chi connectivity index (χ1v) is 7.48. The quantitative estimate of drug-likeness (QED) is 0.767. The van der Waals surface area contributed by atoms with Crippen molar-refractivity contribution in [1.82, 2.24) is 0 Å². The van der Waals surface area contributed by atoms with Crippen LogP contribution in [0.4, 0.5) is 4.39 Å². The number of benzene rings is 2. The molecule has 2 N–H and O–H groups in total. The Morgan fingerprint density at radius 2 is 1.71 bits per heavy atom. The van der Waals surface area contributed by atoms with Gasteiger partial charge in [-0.1, -0.05) is 18.2 Å². The van der Waals surface area contributed by atoms with E-state index in [0.29, 0.717) is 31.9 Å². The minimum absolute atomic E-state index is 0.318. The van der Waals surface area contributed by atoms with Gasteiger partial charge >= 0.3 is 0 Å². The van der Waals surface area contributed by atoms with Gasteiger partial charge in [-0.25, -0.2) is 4.39 Å². The Labute approximate surface area is 132 Å². The first-order valence-electron chi connectivity index (χ1n) is 6.69. The zero-order valence-electron chi connectivity index (χ0n) is 11.5. The molecule has 0 aliphatic heterocycles. The molecule has 0 heterocycles. The Hall–Kier alpha value is -1.59. The van der Waals surface area contributed by atoms with Gasteiger partial charge in [-0.05, 0) is 34.1 Å². The van der Waals surface area contributed by atoms with E-state index in [4.69, 9.17) is 15.2 Å². The molecule has 2 aromatic rings. The second kappa shape index (κ2) is 8.00. The maximum Gasteiger partial charge on any atom is 0.136 e. The number of nitrogens with two attached hydrogens (primary N) is 1. The van der Waals surface area contributed by atoms with E-state index in [1.807, 2.05) is 24.3 Å². The van der Waals surface area contributed by atoms with Crippen LogP contribution in [0.25, 0.3) is 0 Å². The van der Waals surface area contributed by atoms with Crippen LogP contribution in [-0.4, -0.2) is 13.2 Å². The van der Waals surface area contributed by atoms with Crippen molar-refractivity contribution in [3.8, 4) is 11.5 Å². The van der Waals surface area contributed by atoms with E-state index in [0.717, 1.165) is 15.8 Å². The van der Waals surface area contributed by atoms with Crippen LogP contribution in [0.1, 0.15) is 12.0 Å². The van der Waals surface area contributed by atoms with E-state index in [-0.39, 0.29) is 5.82 Å². The van der Waals surface area contributed by atoms with E-state index >= 15 is 0 Å². The summed E-state index contributed by atoms with van der Waals surface area (Å²) in [6.07, 6.45) is 0.696. The van der Waals surface area contributed by atoms with Crippen LogP contribution in [0.5, 0.6) is 11.5 Å². The summed E-state index contributed by atoms with van der Waals surface area (Å²) in [7, 11) is 0. The van der Waals surface area contributed by atoms with Crippen molar-refractivity contribution < 1.29 is 13.9 Å². The predicted octanol–water partition coefficient (Wildman–Crippen LogP) is 3.89. The van der Waals surface area contributed by atoms with Crippen LogP contribution < -0.4 is 15.2 Å². The lowest BCUT2D eigenvalue weighted by Crippen LogP contribution is -2.07. The fourth-order valence-electron chi connectivity index (χ4n) is 1.82. The molecule has 112 valence electrons. The Morgan fingerprint density at radius 1 is 1.00 bits per heavy atom. The van der Waals surface area contributed by atoms with E-state index in [1.54, 1.807) is 6.07 Å². The minimum Gasteiger partial charge on any atom is -0.493 e. The molecule has 5 heteroatoms. The van der Waals surface area contributed by atoms with Crippen molar-refractivity contribution >= 4 is 15.9 Å². The highest BCUT2D eigenvalue weighted by molar-refractivity contribution is 9.10. The van der Waals surface area contributed by atoms with Crippen molar-refractivity contribution in [2.45, 2.75) is 13.0 Å². The normalized spacial score (nSPS) is 10.4. The smallest absolute Gasteiger partial charge is 0.136 e. The number of hydrogen-bond donors (Lipinski definition) is 1. The van der Waals surface area contributed by atoms with Gasteiger partial charge in [0.15, 0.2) is 0 Å². The third-order valence-electron chi connectivity index (χ3n) is 2.89. The Bertz CT molecular complexity index is 592. The molecule has 0 bridgehead atoms. The molecule has 0 unspecified atom stereocenters. The van der Waals surface area contributed by atoms with Crippen molar-refractivity contribution in [1.29, 1.82) is 0 Å². The molecule has 0 aliphatic carbocycles. The lowest BCUT2D eigenvalue weighted by molar-refractivity contribution is 0.245. The standard InChI is InChI=1S/C16H17BrFNO2/c17-14-7-6-13(18)10-16(14)21-9-3-8-20-15-5-2-1-4-12(15)11-19/h1-2,4-7,10H,3,8-9,11,19H2. The third-order valence-corrected chi connectivity index (χ3v) is 3.54. The minimum atomic E-state index is -0.318. The van der Waals surface area contributed by atoms with Crippen LogP contribution in [0, 0.1) is 5.82 Å². The van der Waals surface area contributed by atoms with Gasteiger partial charge in [0.1, 0.15) is 17.3 Å². The second-order valence-corrected chi connectivity index (χ2v) is 5.29. The van der Waals surface area contributed by atoms with Crippen LogP contribution in [0.2, 0.25) is 0 Å². The van der Waals surface area contributed by atoms with Crippen LogP contribution in [0.3, 0.4) is 0 Å². The summed E-state index contributed by atoms with van der Waals surface area (Å²) in [6.45, 7) is 1.42. The van der Waals surface area contributed by atoms with Gasteiger partial charge in [0.05, 0.1) is 17.7 Å². The van der Waals surface area contributed by atoms with Gasteiger partial charge in [-0.3, -0.25) is 0 Å². The SMILES string of the molecule is NCc1ccccc1OCCCOc1cc(F)ccc1Br. The number of hydrogen-bond acceptors (Lipinski definition) is 3. The highest BCUT2D eigenvalue weighted by Gasteiger charge is 2.04. The van der Waals surface area contributed by atoms with E-state index in [1.165, 1.54) is 12.1 Å². The summed E-state index contributed by atoms with van der Waals surface area (Å²) in [5.74, 6) is 0.977. The van der Waals surface area contributed by atoms with Gasteiger partial charge in [-0.2, -0.15) is 0 Å². The topological polar surface area (TPSA) is 44.5 Å². The second-order valence-electron chi connectivity index (χ2n) is 4.44. The maximum atomic E-state index is 13.1. The molecular formula is C16H17BrFNO2. The third kappa shape index (κ3) is 4.72. The summed E-state index contributed by atoms with van der Waals surface area (Å²) in [5, 5.41) is 0. The fraction of sp³-hybridized carbons (Fsp3) is 0.250. The van der Waals surface area contributed by atoms with E-state index in [2.05, 4.69) is 15.9 Å². The summed E-state index contributed by atoms with van der Waals surface area (Å²) < 4.78 is 25.0. The van der Waals surface area contributed by atoms with Crippen LogP contribution in [0.15, 0.2) is 46.9 Å². The highest BCUT2D eigenvalue weighted by atomic mass is 79.9. The van der Waals surface area contributed by atoms with Gasteiger partial charge < -0.3 is 15.2 Å². The van der Waals surface area contributed by atoms with Crippen molar-refractivity contribution in [3.05, 3.63) is 58.3 Å². The molecular weight excluding hydrogens is 337 g/mol. The molecule has 2 rings (SSSR count). The van der Waals surface area contributed by atoms with Crippen molar-refractivity contribution in [2.75, 3.05) is 13.2 Å². The first kappa shape index (κ1) is 15.8. The molecule has 21 heavy (non-hydrogen) atoms. The fourth-order valence-corrected chi connectivity index (χ4v) is 2.19. The highest BCUT2D eigenvalue weighted by Crippen LogP contribution is 2.25. The zero-order chi connectivity index (χ0) is 15.1. The Morgan fingerprint density at radius 3 is 2.48 bits per heavy atom. The molecule has 0 radical (unpaired) electrons. The lowest BCUT2D eigenvalue weighted by atomic mass is 10.2. The average molecular weight is 354 g/mol. The summed E-state index contributed by atoms with van der Waals surface area (Å²) >= 11 is 3.32. The van der Waals surface area contributed by atoms with Gasteiger partial charge in [0.2, 0.25) is 0 Å². The van der Waals surface area contributed by atoms with E-state index in [9.17, 15) is 4.39 Å². The zero-order valence-corrected chi connectivity index (χ0v) is 13.1. The summed E-state index contributed by atoms with van der Waals surface area (Å²) in [6, 6.07) is 12.0. The molecule has 0 amide bonds. The van der Waals surface area contributed by atoms with Crippen molar-refractivity contribution in [2.24, 2.45) is 5.73 Å². The molecule has 0 atom stereocenters. The molecule has 0 aliphatic rings. The molecule has 0 fully saturated rings.